The van der Waals surface area contributed by atoms with Gasteiger partial charge in [-0.25, -0.2) is 13.1 Å². The van der Waals surface area contributed by atoms with E-state index in [-0.39, 0.29) is 17.2 Å². The number of aryl methyl sites for hydroxylation is 1. The van der Waals surface area contributed by atoms with Crippen molar-refractivity contribution in [1.82, 2.24) is 14.9 Å². The maximum atomic E-state index is 12.4. The van der Waals surface area contributed by atoms with Crippen LogP contribution >= 0.6 is 0 Å². The molecule has 2 N–H and O–H groups in total. The van der Waals surface area contributed by atoms with Gasteiger partial charge >= 0.3 is 0 Å². The van der Waals surface area contributed by atoms with Crippen LogP contribution in [0.1, 0.15) is 11.3 Å². The monoisotopic (exact) mass is 311 g/mol. The molecule has 0 saturated carbocycles. The maximum Gasteiger partial charge on any atom is 0.244 e. The van der Waals surface area contributed by atoms with Gasteiger partial charge in [0.05, 0.1) is 20.4 Å². The molecule has 21 heavy (non-hydrogen) atoms. The van der Waals surface area contributed by atoms with E-state index in [9.17, 15) is 8.42 Å². The van der Waals surface area contributed by atoms with Gasteiger partial charge in [-0.05, 0) is 19.1 Å². The van der Waals surface area contributed by atoms with Crippen molar-refractivity contribution in [1.29, 1.82) is 0 Å². The van der Waals surface area contributed by atoms with Crippen LogP contribution in [0.3, 0.4) is 0 Å². The first-order valence-corrected chi connectivity index (χ1v) is 7.67. The lowest BCUT2D eigenvalue weighted by Crippen LogP contribution is -2.24. The van der Waals surface area contributed by atoms with E-state index >= 15 is 0 Å². The Labute approximate surface area is 123 Å². The third-order valence-corrected chi connectivity index (χ3v) is 4.47. The van der Waals surface area contributed by atoms with Crippen LogP contribution in [-0.2, 0) is 16.6 Å². The summed E-state index contributed by atoms with van der Waals surface area (Å²) in [6.07, 6.45) is 1.58. The van der Waals surface area contributed by atoms with Gasteiger partial charge in [-0.3, -0.25) is 5.10 Å². The van der Waals surface area contributed by atoms with E-state index in [0.29, 0.717) is 5.75 Å². The van der Waals surface area contributed by atoms with E-state index in [2.05, 4.69) is 14.9 Å². The topological polar surface area (TPSA) is 93.3 Å². The zero-order valence-electron chi connectivity index (χ0n) is 12.0. The number of nitrogens with zero attached hydrogens (tertiary/aromatic N) is 1. The van der Waals surface area contributed by atoms with Crippen LogP contribution in [0.5, 0.6) is 11.5 Å². The van der Waals surface area contributed by atoms with Crippen molar-refractivity contribution < 1.29 is 17.9 Å². The summed E-state index contributed by atoms with van der Waals surface area (Å²) in [6, 6.07) is 4.61. The molecule has 114 valence electrons. The summed E-state index contributed by atoms with van der Waals surface area (Å²) >= 11 is 0. The Kier molecular flexibility index (Phi) is 4.49. The fourth-order valence-corrected chi connectivity index (χ4v) is 2.99. The Hall–Kier alpha value is -2.06. The molecule has 0 aliphatic carbocycles. The second kappa shape index (κ2) is 6.15. The Morgan fingerprint density at radius 1 is 1.29 bits per heavy atom. The van der Waals surface area contributed by atoms with Crippen LogP contribution in [-0.4, -0.2) is 32.8 Å². The van der Waals surface area contributed by atoms with Crippen LogP contribution < -0.4 is 14.2 Å². The van der Waals surface area contributed by atoms with Gasteiger partial charge in [0.15, 0.2) is 0 Å². The van der Waals surface area contributed by atoms with Crippen LogP contribution in [0.25, 0.3) is 0 Å². The first kappa shape index (κ1) is 15.3. The number of aromatic nitrogens is 2. The summed E-state index contributed by atoms with van der Waals surface area (Å²) in [4.78, 5) is 0.0329. The van der Waals surface area contributed by atoms with E-state index in [4.69, 9.17) is 9.47 Å². The highest BCUT2D eigenvalue weighted by atomic mass is 32.2. The summed E-state index contributed by atoms with van der Waals surface area (Å²) < 4.78 is 37.5. The van der Waals surface area contributed by atoms with Crippen molar-refractivity contribution in [2.45, 2.75) is 18.4 Å². The zero-order chi connectivity index (χ0) is 15.5. The largest absolute Gasteiger partial charge is 0.497 e. The number of H-pyrrole nitrogens is 1. The summed E-state index contributed by atoms with van der Waals surface area (Å²) in [5.74, 6) is 0.697. The van der Waals surface area contributed by atoms with Crippen molar-refractivity contribution in [3.05, 3.63) is 35.7 Å². The number of nitrogens with one attached hydrogen (secondary N) is 2. The first-order chi connectivity index (χ1) is 9.97. The summed E-state index contributed by atoms with van der Waals surface area (Å²) in [7, 11) is -0.835. The van der Waals surface area contributed by atoms with E-state index in [0.717, 1.165) is 11.3 Å². The highest BCUT2D eigenvalue weighted by molar-refractivity contribution is 7.89. The standard InChI is InChI=1S/C13H17N3O4S/c1-9-10(7-14-16-9)8-15-21(17,18)13-6-11(19-2)4-5-12(13)20-3/h4-7,15H,8H2,1-3H3,(H,14,16). The van der Waals surface area contributed by atoms with Crippen molar-refractivity contribution in [2.75, 3.05) is 14.2 Å². The molecule has 0 aliphatic heterocycles. The number of sulfonamides is 1. The van der Waals surface area contributed by atoms with Gasteiger partial charge in [0.1, 0.15) is 16.4 Å². The molecule has 0 amide bonds. The molecular formula is C13H17N3O4S. The molecule has 0 unspecified atom stereocenters. The van der Waals surface area contributed by atoms with Crippen LogP contribution in [0.4, 0.5) is 0 Å². The average molecular weight is 311 g/mol. The quantitative estimate of drug-likeness (QED) is 0.836. The summed E-state index contributed by atoms with van der Waals surface area (Å²) in [6.45, 7) is 1.97. The van der Waals surface area contributed by atoms with E-state index in [1.165, 1.54) is 20.3 Å². The molecule has 1 aromatic carbocycles. The fraction of sp³-hybridized carbons (Fsp3) is 0.308. The maximum absolute atomic E-state index is 12.4. The Bertz CT molecular complexity index is 725. The third-order valence-electron chi connectivity index (χ3n) is 3.05. The number of methoxy groups -OCH3 is 2. The number of hydrogen-bond acceptors (Lipinski definition) is 5. The first-order valence-electron chi connectivity index (χ1n) is 6.18. The highest BCUT2D eigenvalue weighted by Gasteiger charge is 2.20. The molecule has 0 radical (unpaired) electrons. The van der Waals surface area contributed by atoms with Crippen LogP contribution in [0.15, 0.2) is 29.3 Å². The average Bonchev–Trinajstić information content (AvgIpc) is 2.90. The Morgan fingerprint density at radius 2 is 2.05 bits per heavy atom. The number of aromatic amines is 1. The van der Waals surface area contributed by atoms with Crippen molar-refractivity contribution >= 4 is 10.0 Å². The molecule has 7 nitrogen and oxygen atoms in total. The van der Waals surface area contributed by atoms with Gasteiger partial charge < -0.3 is 9.47 Å². The minimum absolute atomic E-state index is 0.0329. The van der Waals surface area contributed by atoms with Crippen LogP contribution in [0, 0.1) is 6.92 Å². The molecule has 0 saturated heterocycles. The number of ether oxygens (including phenoxy) is 2. The van der Waals surface area contributed by atoms with E-state index < -0.39 is 10.0 Å². The predicted octanol–water partition coefficient (Wildman–Crippen LogP) is 1.21. The second-order valence-electron chi connectivity index (χ2n) is 4.36. The number of hydrogen-bond donors (Lipinski definition) is 2. The molecule has 0 fully saturated rings. The molecule has 0 spiro atoms. The molecular weight excluding hydrogens is 294 g/mol. The van der Waals surface area contributed by atoms with Gasteiger partial charge in [-0.15, -0.1) is 0 Å². The molecule has 0 bridgehead atoms. The molecule has 2 rings (SSSR count). The molecule has 8 heteroatoms. The molecule has 0 aliphatic rings. The summed E-state index contributed by atoms with van der Waals surface area (Å²) in [5, 5.41) is 6.61. The predicted molar refractivity (Wildman–Crippen MR) is 76.9 cm³/mol. The molecule has 2 aromatic rings. The lowest BCUT2D eigenvalue weighted by atomic mass is 10.3. The molecule has 0 atom stereocenters. The fourth-order valence-electron chi connectivity index (χ4n) is 1.80. The van der Waals surface area contributed by atoms with E-state index in [1.54, 1.807) is 18.3 Å². The minimum atomic E-state index is -3.73. The van der Waals surface area contributed by atoms with Crippen molar-refractivity contribution in [2.24, 2.45) is 0 Å². The summed E-state index contributed by atoms with van der Waals surface area (Å²) in [5.41, 5.74) is 1.59. The highest BCUT2D eigenvalue weighted by Crippen LogP contribution is 2.28. The SMILES string of the molecule is COc1ccc(OC)c(S(=O)(=O)NCc2cn[nH]c2C)c1. The molecule has 1 aromatic heterocycles. The van der Waals surface area contributed by atoms with Gasteiger partial charge in [0.2, 0.25) is 10.0 Å². The van der Waals surface area contributed by atoms with Gasteiger partial charge in [0, 0.05) is 23.9 Å². The second-order valence-corrected chi connectivity index (χ2v) is 6.10. The minimum Gasteiger partial charge on any atom is -0.497 e. The number of rotatable bonds is 6. The van der Waals surface area contributed by atoms with Gasteiger partial charge in [-0.1, -0.05) is 0 Å². The van der Waals surface area contributed by atoms with Crippen LogP contribution in [0.2, 0.25) is 0 Å². The zero-order valence-corrected chi connectivity index (χ0v) is 12.8. The number of benzene rings is 1. The Balaban J connectivity index is 2.28. The van der Waals surface area contributed by atoms with Gasteiger partial charge in [0.25, 0.3) is 0 Å². The smallest absolute Gasteiger partial charge is 0.244 e. The van der Waals surface area contributed by atoms with Crippen molar-refractivity contribution in [3.63, 3.8) is 0 Å². The normalized spacial score (nSPS) is 11.4. The van der Waals surface area contributed by atoms with Gasteiger partial charge in [-0.2, -0.15) is 5.10 Å². The lowest BCUT2D eigenvalue weighted by molar-refractivity contribution is 0.392. The third kappa shape index (κ3) is 3.34. The van der Waals surface area contributed by atoms with E-state index in [1.807, 2.05) is 6.92 Å². The lowest BCUT2D eigenvalue weighted by Gasteiger charge is -2.12. The molecule has 1 heterocycles. The Morgan fingerprint density at radius 3 is 2.62 bits per heavy atom. The van der Waals surface area contributed by atoms with Crippen molar-refractivity contribution in [3.8, 4) is 11.5 Å².